The molecule has 0 aliphatic heterocycles. The summed E-state index contributed by atoms with van der Waals surface area (Å²) in [5.41, 5.74) is 1.26. The van der Waals surface area contributed by atoms with Crippen LogP contribution in [0.3, 0.4) is 0 Å². The molecule has 0 amide bonds. The normalized spacial score (nSPS) is 11.8. The van der Waals surface area contributed by atoms with Crippen LogP contribution in [0.1, 0.15) is 154 Å². The van der Waals surface area contributed by atoms with E-state index >= 15 is 0 Å². The Morgan fingerprint density at radius 2 is 0.971 bits per heavy atom. The maximum absolute atomic E-state index is 12.6. The van der Waals surface area contributed by atoms with Crippen molar-refractivity contribution in [1.29, 1.82) is 0 Å². The minimum absolute atomic E-state index is 0.238. The van der Waals surface area contributed by atoms with Gasteiger partial charge in [-0.2, -0.15) is 0 Å². The van der Waals surface area contributed by atoms with Crippen molar-refractivity contribution < 1.29 is 8.42 Å². The molecule has 0 N–H and O–H groups in total. The summed E-state index contributed by atoms with van der Waals surface area (Å²) in [7, 11) is -3.16. The molecule has 0 saturated heterocycles. The van der Waals surface area contributed by atoms with Gasteiger partial charge >= 0.3 is 0 Å². The van der Waals surface area contributed by atoms with Gasteiger partial charge in [-0.3, -0.25) is 0 Å². The molecular weight excluding hydrogens is 448 g/mol. The highest BCUT2D eigenvalue weighted by Gasteiger charge is 2.13. The van der Waals surface area contributed by atoms with Crippen LogP contribution in [-0.4, -0.2) is 14.2 Å². The number of benzene rings is 1. The van der Waals surface area contributed by atoms with Crippen molar-refractivity contribution in [3.8, 4) is 0 Å². The van der Waals surface area contributed by atoms with E-state index in [1.165, 1.54) is 128 Å². The minimum Gasteiger partial charge on any atom is -0.224 e. The lowest BCUT2D eigenvalue weighted by atomic mass is 10.0. The largest absolute Gasteiger partial charge is 0.224 e. The van der Waals surface area contributed by atoms with E-state index in [0.717, 1.165) is 12.8 Å². The Bertz CT molecular complexity index is 678. The Hall–Kier alpha value is -0.830. The fourth-order valence-electron chi connectivity index (χ4n) is 4.78. The highest BCUT2D eigenvalue weighted by molar-refractivity contribution is 7.91. The quantitative estimate of drug-likeness (QED) is 0.124. The van der Waals surface area contributed by atoms with Crippen LogP contribution in [-0.2, 0) is 16.3 Å². The fraction of sp³-hybridized carbons (Fsp3) is 0.781. The summed E-state index contributed by atoms with van der Waals surface area (Å²) >= 11 is 0. The maximum atomic E-state index is 12.6. The van der Waals surface area contributed by atoms with Gasteiger partial charge in [-0.05, 0) is 43.4 Å². The molecule has 0 heterocycles. The summed E-state index contributed by atoms with van der Waals surface area (Å²) in [6.07, 6.45) is 30.4. The van der Waals surface area contributed by atoms with E-state index in [-0.39, 0.29) is 5.75 Å². The van der Waals surface area contributed by atoms with Gasteiger partial charge < -0.3 is 0 Å². The molecule has 1 rings (SSSR count). The molecule has 203 valence electrons. The molecule has 3 heteroatoms. The first-order valence-electron chi connectivity index (χ1n) is 15.2. The van der Waals surface area contributed by atoms with E-state index in [4.69, 9.17) is 0 Å². The molecule has 0 aliphatic carbocycles. The molecule has 1 radical (unpaired) electrons. The SMILES string of the molecule is CCCCCCCCCCC[CH]CCS(=O)(=O)c1ccc(CCCCCCCCCCCC)cc1. The van der Waals surface area contributed by atoms with Gasteiger partial charge in [0.2, 0.25) is 0 Å². The second-order valence-electron chi connectivity index (χ2n) is 10.6. The fourth-order valence-corrected chi connectivity index (χ4v) is 6.04. The van der Waals surface area contributed by atoms with Crippen molar-refractivity contribution in [3.05, 3.63) is 36.2 Å². The van der Waals surface area contributed by atoms with Crippen molar-refractivity contribution in [2.45, 2.75) is 160 Å². The first-order chi connectivity index (χ1) is 17.1. The summed E-state index contributed by atoms with van der Waals surface area (Å²) in [4.78, 5) is 0.487. The van der Waals surface area contributed by atoms with Crippen molar-refractivity contribution in [2.24, 2.45) is 0 Å². The lowest BCUT2D eigenvalue weighted by Gasteiger charge is -2.07. The van der Waals surface area contributed by atoms with Crippen molar-refractivity contribution in [2.75, 3.05) is 5.75 Å². The molecule has 0 unspecified atom stereocenters. The maximum Gasteiger partial charge on any atom is 0.178 e. The topological polar surface area (TPSA) is 34.1 Å². The number of hydrogen-bond donors (Lipinski definition) is 0. The second-order valence-corrected chi connectivity index (χ2v) is 12.7. The number of unbranched alkanes of at least 4 members (excludes halogenated alkanes) is 20. The zero-order valence-electron chi connectivity index (χ0n) is 23.4. The summed E-state index contributed by atoms with van der Waals surface area (Å²) in [6.45, 7) is 4.53. The summed E-state index contributed by atoms with van der Waals surface area (Å²) in [5, 5.41) is 0. The molecule has 0 bridgehead atoms. The van der Waals surface area contributed by atoms with E-state index in [1.807, 2.05) is 24.3 Å². The van der Waals surface area contributed by atoms with Gasteiger partial charge in [0.25, 0.3) is 0 Å². The van der Waals surface area contributed by atoms with E-state index < -0.39 is 9.84 Å². The van der Waals surface area contributed by atoms with Crippen LogP contribution < -0.4 is 0 Å². The minimum atomic E-state index is -3.16. The molecular formula is C32H57O2S. The monoisotopic (exact) mass is 505 g/mol. The molecule has 0 fully saturated rings. The predicted molar refractivity (Wildman–Crippen MR) is 155 cm³/mol. The van der Waals surface area contributed by atoms with E-state index in [9.17, 15) is 8.42 Å². The van der Waals surface area contributed by atoms with Gasteiger partial charge in [0.1, 0.15) is 0 Å². The third kappa shape index (κ3) is 18.1. The van der Waals surface area contributed by atoms with Crippen LogP contribution in [0.25, 0.3) is 0 Å². The van der Waals surface area contributed by atoms with Gasteiger partial charge in [0.05, 0.1) is 10.6 Å². The molecule has 0 aromatic heterocycles. The smallest absolute Gasteiger partial charge is 0.178 e. The first kappa shape index (κ1) is 32.2. The molecule has 0 aliphatic rings. The third-order valence-electron chi connectivity index (χ3n) is 7.20. The Labute approximate surface area is 220 Å². The predicted octanol–water partition coefficient (Wildman–Crippen LogP) is 10.4. The second kappa shape index (κ2) is 22.4. The summed E-state index contributed by atoms with van der Waals surface area (Å²) in [6, 6.07) is 7.68. The van der Waals surface area contributed by atoms with E-state index in [0.29, 0.717) is 11.3 Å². The summed E-state index contributed by atoms with van der Waals surface area (Å²) < 4.78 is 25.3. The molecule has 0 atom stereocenters. The average molecular weight is 506 g/mol. The van der Waals surface area contributed by atoms with Crippen LogP contribution in [0.2, 0.25) is 0 Å². The van der Waals surface area contributed by atoms with Gasteiger partial charge in [0.15, 0.2) is 9.84 Å². The highest BCUT2D eigenvalue weighted by Crippen LogP contribution is 2.18. The first-order valence-corrected chi connectivity index (χ1v) is 16.9. The van der Waals surface area contributed by atoms with Crippen LogP contribution in [0.5, 0.6) is 0 Å². The van der Waals surface area contributed by atoms with Gasteiger partial charge in [-0.25, -0.2) is 8.42 Å². The average Bonchev–Trinajstić information content (AvgIpc) is 2.86. The van der Waals surface area contributed by atoms with E-state index in [1.54, 1.807) is 0 Å². The zero-order chi connectivity index (χ0) is 25.5. The van der Waals surface area contributed by atoms with Crippen molar-refractivity contribution in [1.82, 2.24) is 0 Å². The van der Waals surface area contributed by atoms with Crippen LogP contribution >= 0.6 is 0 Å². The molecule has 0 saturated carbocycles. The van der Waals surface area contributed by atoms with Gasteiger partial charge in [-0.1, -0.05) is 148 Å². The highest BCUT2D eigenvalue weighted by atomic mass is 32.2. The standard InChI is InChI=1S/C32H57O2S/c1-3-5-7-9-11-13-15-16-18-20-22-24-30-35(33,34)32-28-26-31(27-29-32)25-23-21-19-17-14-12-10-8-6-4-2/h22,26-29H,3-21,23-25,30H2,1-2H3. The summed E-state index contributed by atoms with van der Waals surface area (Å²) in [5.74, 6) is 0.238. The number of hydrogen-bond acceptors (Lipinski definition) is 2. The number of aryl methyl sites for hydroxylation is 1. The Kier molecular flexibility index (Phi) is 20.6. The lowest BCUT2D eigenvalue weighted by Crippen LogP contribution is -2.07. The third-order valence-corrected chi connectivity index (χ3v) is 8.97. The molecule has 2 nitrogen and oxygen atoms in total. The molecule has 1 aromatic carbocycles. The van der Waals surface area contributed by atoms with Gasteiger partial charge in [0, 0.05) is 0 Å². The Balaban J connectivity index is 2.06. The van der Waals surface area contributed by atoms with Crippen LogP contribution in [0.15, 0.2) is 29.2 Å². The van der Waals surface area contributed by atoms with Crippen molar-refractivity contribution >= 4 is 9.84 Å². The zero-order valence-corrected chi connectivity index (χ0v) is 24.2. The lowest BCUT2D eigenvalue weighted by molar-refractivity contribution is 0.556. The van der Waals surface area contributed by atoms with Crippen LogP contribution in [0, 0.1) is 6.42 Å². The molecule has 0 spiro atoms. The Morgan fingerprint density at radius 3 is 1.46 bits per heavy atom. The van der Waals surface area contributed by atoms with Crippen LogP contribution in [0.4, 0.5) is 0 Å². The number of sulfone groups is 1. The molecule has 1 aromatic rings. The van der Waals surface area contributed by atoms with Gasteiger partial charge in [-0.15, -0.1) is 0 Å². The number of rotatable bonds is 25. The molecule has 35 heavy (non-hydrogen) atoms. The van der Waals surface area contributed by atoms with E-state index in [2.05, 4.69) is 20.3 Å². The Morgan fingerprint density at radius 1 is 0.543 bits per heavy atom. The van der Waals surface area contributed by atoms with Crippen molar-refractivity contribution in [3.63, 3.8) is 0 Å².